The topological polar surface area (TPSA) is 83.2 Å². The van der Waals surface area contributed by atoms with Crippen molar-refractivity contribution in [1.29, 1.82) is 5.26 Å². The van der Waals surface area contributed by atoms with E-state index in [1.54, 1.807) is 24.5 Å². The lowest BCUT2D eigenvalue weighted by molar-refractivity contribution is -0.0626. The van der Waals surface area contributed by atoms with Crippen molar-refractivity contribution in [2.24, 2.45) is 7.05 Å². The van der Waals surface area contributed by atoms with Crippen molar-refractivity contribution in [3.8, 4) is 6.07 Å². The molecule has 0 aliphatic carbocycles. The van der Waals surface area contributed by atoms with E-state index in [0.29, 0.717) is 25.1 Å². The number of carbonyl (C=O) groups excluding carboxylic acids is 1. The average molecular weight is 353 g/mol. The summed E-state index contributed by atoms with van der Waals surface area (Å²) >= 11 is 0. The van der Waals surface area contributed by atoms with Crippen LogP contribution < -0.4 is 5.32 Å². The Bertz CT molecular complexity index is 810. The molecule has 1 aromatic carbocycles. The number of aromatic nitrogens is 2. The molecule has 2 heterocycles. The SMILES string of the molecule is CN1CCO[C@@H](CNC(=O)c2cccc(CC#N)c2)[C@@H]1c1cncn1C. The number of likely N-dealkylation sites (N-methyl/N-ethyl adjacent to an activating group) is 1. The molecule has 0 unspecified atom stereocenters. The number of nitrogens with one attached hydrogen (secondary N) is 1. The van der Waals surface area contributed by atoms with Crippen LogP contribution in [0.3, 0.4) is 0 Å². The third-order valence-electron chi connectivity index (χ3n) is 4.70. The van der Waals surface area contributed by atoms with Crippen LogP contribution >= 0.6 is 0 Å². The Morgan fingerprint density at radius 2 is 2.31 bits per heavy atom. The minimum atomic E-state index is -0.162. The van der Waals surface area contributed by atoms with Gasteiger partial charge in [-0.25, -0.2) is 4.98 Å². The lowest BCUT2D eigenvalue weighted by atomic mass is 10.0. The van der Waals surface area contributed by atoms with Crippen molar-refractivity contribution in [1.82, 2.24) is 19.8 Å². The summed E-state index contributed by atoms with van der Waals surface area (Å²) in [5, 5.41) is 11.8. The van der Waals surface area contributed by atoms with Crippen molar-refractivity contribution in [2.45, 2.75) is 18.6 Å². The zero-order valence-electron chi connectivity index (χ0n) is 15.1. The third-order valence-corrected chi connectivity index (χ3v) is 4.70. The zero-order chi connectivity index (χ0) is 18.5. The Balaban J connectivity index is 1.69. The van der Waals surface area contributed by atoms with E-state index in [0.717, 1.165) is 17.8 Å². The molecule has 1 amide bonds. The predicted molar refractivity (Wildman–Crippen MR) is 96.4 cm³/mol. The second kappa shape index (κ2) is 8.13. The van der Waals surface area contributed by atoms with Gasteiger partial charge in [-0.15, -0.1) is 0 Å². The first-order valence-corrected chi connectivity index (χ1v) is 8.62. The molecule has 2 atom stereocenters. The largest absolute Gasteiger partial charge is 0.373 e. The van der Waals surface area contributed by atoms with Gasteiger partial charge in [-0.1, -0.05) is 12.1 Å². The van der Waals surface area contributed by atoms with Crippen molar-refractivity contribution >= 4 is 5.91 Å². The summed E-state index contributed by atoms with van der Waals surface area (Å²) < 4.78 is 7.93. The van der Waals surface area contributed by atoms with Crippen LogP contribution in [0.1, 0.15) is 27.7 Å². The summed E-state index contributed by atoms with van der Waals surface area (Å²) in [6, 6.07) is 9.28. The number of hydrogen-bond acceptors (Lipinski definition) is 5. The highest BCUT2D eigenvalue weighted by Gasteiger charge is 2.33. The van der Waals surface area contributed by atoms with Gasteiger partial charge in [0.25, 0.3) is 5.91 Å². The fourth-order valence-corrected chi connectivity index (χ4v) is 3.31. The Kier molecular flexibility index (Phi) is 5.66. The second-order valence-electron chi connectivity index (χ2n) is 6.51. The number of hydrogen-bond donors (Lipinski definition) is 1. The molecule has 0 spiro atoms. The van der Waals surface area contributed by atoms with Crippen molar-refractivity contribution in [3.63, 3.8) is 0 Å². The lowest BCUT2D eigenvalue weighted by Crippen LogP contribution is -2.48. The van der Waals surface area contributed by atoms with Gasteiger partial charge in [-0.2, -0.15) is 5.26 Å². The van der Waals surface area contributed by atoms with E-state index >= 15 is 0 Å². The quantitative estimate of drug-likeness (QED) is 0.876. The fraction of sp³-hybridized carbons (Fsp3) is 0.421. The van der Waals surface area contributed by atoms with E-state index in [1.807, 2.05) is 23.9 Å². The van der Waals surface area contributed by atoms with E-state index in [9.17, 15) is 4.79 Å². The molecule has 3 rings (SSSR count). The van der Waals surface area contributed by atoms with Crippen LogP contribution in [0.15, 0.2) is 36.8 Å². The summed E-state index contributed by atoms with van der Waals surface area (Å²) in [7, 11) is 4.02. The molecule has 1 fully saturated rings. The number of rotatable bonds is 5. The smallest absolute Gasteiger partial charge is 0.251 e. The van der Waals surface area contributed by atoms with Crippen LogP contribution in [0.2, 0.25) is 0 Å². The summed E-state index contributed by atoms with van der Waals surface area (Å²) in [4.78, 5) is 18.9. The number of ether oxygens (including phenoxy) is 1. The van der Waals surface area contributed by atoms with E-state index in [2.05, 4.69) is 28.3 Å². The van der Waals surface area contributed by atoms with E-state index in [1.165, 1.54) is 0 Å². The summed E-state index contributed by atoms with van der Waals surface area (Å²) in [6.45, 7) is 1.86. The van der Waals surface area contributed by atoms with Gasteiger partial charge in [0.2, 0.25) is 0 Å². The summed E-state index contributed by atoms with van der Waals surface area (Å²) in [5.74, 6) is -0.162. The molecule has 7 heteroatoms. The lowest BCUT2D eigenvalue weighted by Gasteiger charge is -2.39. The molecule has 2 aromatic rings. The van der Waals surface area contributed by atoms with Crippen LogP contribution in [-0.2, 0) is 18.2 Å². The molecule has 1 aromatic heterocycles. The van der Waals surface area contributed by atoms with Crippen LogP contribution in [0.5, 0.6) is 0 Å². The molecule has 136 valence electrons. The average Bonchev–Trinajstić information content (AvgIpc) is 3.06. The van der Waals surface area contributed by atoms with E-state index < -0.39 is 0 Å². The highest BCUT2D eigenvalue weighted by Crippen LogP contribution is 2.27. The Labute approximate surface area is 153 Å². The van der Waals surface area contributed by atoms with Gasteiger partial charge in [0, 0.05) is 31.9 Å². The maximum absolute atomic E-state index is 12.5. The second-order valence-corrected chi connectivity index (χ2v) is 6.51. The van der Waals surface area contributed by atoms with Crippen LogP contribution in [0.25, 0.3) is 0 Å². The first-order chi connectivity index (χ1) is 12.6. The van der Waals surface area contributed by atoms with Gasteiger partial charge in [0.1, 0.15) is 0 Å². The minimum absolute atomic E-state index is 0.0291. The van der Waals surface area contributed by atoms with Gasteiger partial charge in [-0.3, -0.25) is 9.69 Å². The standard InChI is InChI=1S/C19H23N5O2/c1-23-8-9-26-17(18(23)16-11-21-13-24(16)2)12-22-19(25)15-5-3-4-14(10-15)6-7-20/h3-5,10-11,13,17-18H,6,8-9,12H2,1-2H3,(H,22,25)/t17-,18-/m0/s1. The zero-order valence-corrected chi connectivity index (χ0v) is 15.1. The number of morpholine rings is 1. The van der Waals surface area contributed by atoms with Crippen molar-refractivity contribution in [3.05, 3.63) is 53.6 Å². The maximum atomic E-state index is 12.5. The molecule has 26 heavy (non-hydrogen) atoms. The van der Waals surface area contributed by atoms with Crippen molar-refractivity contribution in [2.75, 3.05) is 26.7 Å². The van der Waals surface area contributed by atoms with Crippen LogP contribution in [0.4, 0.5) is 0 Å². The normalized spacial score (nSPS) is 20.5. The molecule has 1 aliphatic rings. The molecule has 7 nitrogen and oxygen atoms in total. The molecule has 0 saturated carbocycles. The molecule has 1 N–H and O–H groups in total. The number of nitrogens with zero attached hydrogens (tertiary/aromatic N) is 4. The molecule has 0 radical (unpaired) electrons. The third kappa shape index (κ3) is 3.93. The fourth-order valence-electron chi connectivity index (χ4n) is 3.31. The first-order valence-electron chi connectivity index (χ1n) is 8.62. The molecular weight excluding hydrogens is 330 g/mol. The Morgan fingerprint density at radius 1 is 1.46 bits per heavy atom. The van der Waals surface area contributed by atoms with Crippen LogP contribution in [0, 0.1) is 11.3 Å². The first kappa shape index (κ1) is 18.1. The summed E-state index contributed by atoms with van der Waals surface area (Å²) in [5.41, 5.74) is 2.45. The maximum Gasteiger partial charge on any atom is 0.251 e. The van der Waals surface area contributed by atoms with Gasteiger partial charge < -0.3 is 14.6 Å². The molecule has 1 aliphatic heterocycles. The Morgan fingerprint density at radius 3 is 3.04 bits per heavy atom. The number of amides is 1. The minimum Gasteiger partial charge on any atom is -0.373 e. The molecule has 1 saturated heterocycles. The van der Waals surface area contributed by atoms with Gasteiger partial charge in [-0.05, 0) is 24.7 Å². The number of nitriles is 1. The molecular formula is C19H23N5O2. The van der Waals surface area contributed by atoms with Gasteiger partial charge >= 0.3 is 0 Å². The van der Waals surface area contributed by atoms with Crippen LogP contribution in [-0.4, -0.2) is 53.2 Å². The van der Waals surface area contributed by atoms with Crippen molar-refractivity contribution < 1.29 is 9.53 Å². The number of aryl methyl sites for hydroxylation is 1. The monoisotopic (exact) mass is 353 g/mol. The van der Waals surface area contributed by atoms with E-state index in [4.69, 9.17) is 10.00 Å². The number of imidazole rings is 1. The van der Waals surface area contributed by atoms with E-state index in [-0.39, 0.29) is 18.1 Å². The van der Waals surface area contributed by atoms with Gasteiger partial charge in [0.05, 0.1) is 43.3 Å². The Hall–Kier alpha value is -2.69. The predicted octanol–water partition coefficient (Wildman–Crippen LogP) is 1.29. The summed E-state index contributed by atoms with van der Waals surface area (Å²) in [6.07, 6.45) is 3.75. The highest BCUT2D eigenvalue weighted by molar-refractivity contribution is 5.94. The molecule has 0 bridgehead atoms. The highest BCUT2D eigenvalue weighted by atomic mass is 16.5. The number of benzene rings is 1. The number of carbonyl (C=O) groups is 1. The van der Waals surface area contributed by atoms with Gasteiger partial charge in [0.15, 0.2) is 0 Å².